The fraction of sp³-hybridized carbons (Fsp3) is 0.0952. The van der Waals surface area contributed by atoms with Crippen LogP contribution in [0.15, 0.2) is 60.1 Å². The van der Waals surface area contributed by atoms with Gasteiger partial charge in [0.15, 0.2) is 5.78 Å². The predicted molar refractivity (Wildman–Crippen MR) is 106 cm³/mol. The number of Topliss-reactive ketones (excluding diaryl/α,β-unsaturated/α-hetero) is 1. The number of benzene rings is 2. The van der Waals surface area contributed by atoms with Crippen LogP contribution in [0.4, 0.5) is 4.39 Å². The Balaban J connectivity index is 1.53. The molecule has 0 amide bonds. The van der Waals surface area contributed by atoms with Crippen molar-refractivity contribution in [3.05, 3.63) is 82.1 Å². The van der Waals surface area contributed by atoms with Crippen LogP contribution in [0.3, 0.4) is 0 Å². The maximum absolute atomic E-state index is 13.8. The minimum Gasteiger partial charge on any atom is -0.361 e. The molecule has 0 spiro atoms. The van der Waals surface area contributed by atoms with Gasteiger partial charge < -0.3 is 4.98 Å². The average Bonchev–Trinajstić information content (AvgIpc) is 3.28. The van der Waals surface area contributed by atoms with Crippen molar-refractivity contribution in [1.82, 2.24) is 4.98 Å². The Kier molecular flexibility index (Phi) is 4.62. The zero-order valence-corrected chi connectivity index (χ0v) is 15.3. The number of aromatic nitrogens is 1. The second kappa shape index (κ2) is 7.06. The topological polar surface area (TPSA) is 32.9 Å². The first-order valence-electron chi connectivity index (χ1n) is 8.24. The summed E-state index contributed by atoms with van der Waals surface area (Å²) in [6, 6.07) is 14.5. The van der Waals surface area contributed by atoms with Gasteiger partial charge >= 0.3 is 0 Å². The van der Waals surface area contributed by atoms with Gasteiger partial charge in [-0.1, -0.05) is 35.9 Å². The summed E-state index contributed by atoms with van der Waals surface area (Å²) in [7, 11) is 0. The number of aromatic amines is 1. The maximum atomic E-state index is 13.8. The lowest BCUT2D eigenvalue weighted by Crippen LogP contribution is -2.01. The van der Waals surface area contributed by atoms with Gasteiger partial charge in [0.1, 0.15) is 5.82 Å². The summed E-state index contributed by atoms with van der Waals surface area (Å²) in [5.74, 6) is -0.373. The molecule has 0 aliphatic carbocycles. The van der Waals surface area contributed by atoms with Gasteiger partial charge in [-0.15, -0.1) is 11.3 Å². The molecule has 0 radical (unpaired) electrons. The first-order chi connectivity index (χ1) is 12.6. The molecule has 0 aliphatic heterocycles. The van der Waals surface area contributed by atoms with Gasteiger partial charge in [-0.25, -0.2) is 4.39 Å². The van der Waals surface area contributed by atoms with Crippen LogP contribution in [0.2, 0.25) is 5.02 Å². The molecule has 26 heavy (non-hydrogen) atoms. The number of thiophene rings is 1. The Bertz CT molecular complexity index is 1080. The Morgan fingerprint density at radius 2 is 2.00 bits per heavy atom. The van der Waals surface area contributed by atoms with Crippen LogP contribution in [-0.4, -0.2) is 10.8 Å². The van der Waals surface area contributed by atoms with E-state index in [-0.39, 0.29) is 18.0 Å². The number of fused-ring (bicyclic) bond motifs is 1. The van der Waals surface area contributed by atoms with Crippen LogP contribution in [0.1, 0.15) is 22.3 Å². The molecule has 4 aromatic rings. The van der Waals surface area contributed by atoms with Crippen molar-refractivity contribution in [2.24, 2.45) is 0 Å². The molecule has 0 saturated heterocycles. The van der Waals surface area contributed by atoms with Gasteiger partial charge in [-0.3, -0.25) is 4.79 Å². The number of ketones is 1. The van der Waals surface area contributed by atoms with Gasteiger partial charge in [0.05, 0.1) is 0 Å². The SMILES string of the molecule is O=C(CCc1c(F)cccc1Cl)c1csc(-c2c[nH]c3ccccc23)c1. The largest absolute Gasteiger partial charge is 0.361 e. The number of carbonyl (C=O) groups excluding carboxylic acids is 1. The number of carbonyl (C=O) groups is 1. The van der Waals surface area contributed by atoms with Gasteiger partial charge in [0.25, 0.3) is 0 Å². The predicted octanol–water partition coefficient (Wildman–Crippen LogP) is 6.50. The first-order valence-corrected chi connectivity index (χ1v) is 9.50. The van der Waals surface area contributed by atoms with Crippen molar-refractivity contribution < 1.29 is 9.18 Å². The van der Waals surface area contributed by atoms with Crippen LogP contribution in [0.25, 0.3) is 21.3 Å². The van der Waals surface area contributed by atoms with E-state index in [2.05, 4.69) is 11.1 Å². The standard InChI is InChI=1S/C21H15ClFNOS/c22-17-5-3-6-18(23)15(17)8-9-20(25)13-10-21(26-12-13)16-11-24-19-7-2-1-4-14(16)19/h1-7,10-12,24H,8-9H2. The average molecular weight is 384 g/mol. The maximum Gasteiger partial charge on any atom is 0.164 e. The summed E-state index contributed by atoms with van der Waals surface area (Å²) in [4.78, 5) is 16.8. The molecule has 4 rings (SSSR count). The molecule has 0 unspecified atom stereocenters. The zero-order chi connectivity index (χ0) is 18.1. The summed E-state index contributed by atoms with van der Waals surface area (Å²) in [6.07, 6.45) is 2.48. The Morgan fingerprint density at radius 3 is 2.85 bits per heavy atom. The normalized spacial score (nSPS) is 11.2. The van der Waals surface area contributed by atoms with Crippen molar-refractivity contribution in [3.8, 4) is 10.4 Å². The number of hydrogen-bond donors (Lipinski definition) is 1. The van der Waals surface area contributed by atoms with Gasteiger partial charge in [0, 0.05) is 55.5 Å². The Hall–Kier alpha value is -2.43. The van der Waals surface area contributed by atoms with Gasteiger partial charge in [-0.05, 0) is 30.7 Å². The zero-order valence-electron chi connectivity index (χ0n) is 13.8. The van der Waals surface area contributed by atoms with Crippen molar-refractivity contribution in [1.29, 1.82) is 0 Å². The molecule has 5 heteroatoms. The smallest absolute Gasteiger partial charge is 0.164 e. The number of halogens is 2. The van der Waals surface area contributed by atoms with Crippen molar-refractivity contribution >= 4 is 39.6 Å². The molecule has 0 saturated carbocycles. The van der Waals surface area contributed by atoms with Crippen molar-refractivity contribution in [2.45, 2.75) is 12.8 Å². The quantitative estimate of drug-likeness (QED) is 0.392. The highest BCUT2D eigenvalue weighted by Crippen LogP contribution is 2.33. The third-order valence-electron chi connectivity index (χ3n) is 4.44. The highest BCUT2D eigenvalue weighted by Gasteiger charge is 2.14. The van der Waals surface area contributed by atoms with Crippen LogP contribution < -0.4 is 0 Å². The number of rotatable bonds is 5. The third-order valence-corrected chi connectivity index (χ3v) is 5.76. The minimum absolute atomic E-state index is 0.00772. The van der Waals surface area contributed by atoms with Crippen LogP contribution in [-0.2, 0) is 6.42 Å². The molecule has 0 aliphatic rings. The molecule has 2 heterocycles. The number of para-hydroxylation sites is 1. The lowest BCUT2D eigenvalue weighted by atomic mass is 10.0. The molecule has 1 N–H and O–H groups in total. The molecule has 0 atom stereocenters. The van der Waals surface area contributed by atoms with E-state index in [1.807, 2.05) is 35.8 Å². The van der Waals surface area contributed by atoms with Crippen LogP contribution in [0, 0.1) is 5.82 Å². The second-order valence-electron chi connectivity index (χ2n) is 6.07. The third kappa shape index (κ3) is 3.18. The monoisotopic (exact) mass is 383 g/mol. The first kappa shape index (κ1) is 17.0. The van der Waals surface area contributed by atoms with E-state index >= 15 is 0 Å². The molecule has 2 nitrogen and oxygen atoms in total. The van der Waals surface area contributed by atoms with Gasteiger partial charge in [0.2, 0.25) is 0 Å². The van der Waals surface area contributed by atoms with E-state index in [9.17, 15) is 9.18 Å². The van der Waals surface area contributed by atoms with E-state index in [1.165, 1.54) is 17.4 Å². The highest BCUT2D eigenvalue weighted by atomic mass is 35.5. The number of H-pyrrole nitrogens is 1. The van der Waals surface area contributed by atoms with Crippen molar-refractivity contribution in [3.63, 3.8) is 0 Å². The fourth-order valence-electron chi connectivity index (χ4n) is 3.05. The molecular weight excluding hydrogens is 369 g/mol. The molecule has 0 fully saturated rings. The van der Waals surface area contributed by atoms with E-state index < -0.39 is 0 Å². The van der Waals surface area contributed by atoms with E-state index in [1.54, 1.807) is 12.1 Å². The summed E-state index contributed by atoms with van der Waals surface area (Å²) < 4.78 is 13.8. The lowest BCUT2D eigenvalue weighted by molar-refractivity contribution is 0.0983. The molecule has 0 bridgehead atoms. The second-order valence-corrected chi connectivity index (χ2v) is 7.39. The molecular formula is C21H15ClFNOS. The molecule has 130 valence electrons. The van der Waals surface area contributed by atoms with Crippen molar-refractivity contribution in [2.75, 3.05) is 0 Å². The van der Waals surface area contributed by atoms with Gasteiger partial charge in [-0.2, -0.15) is 0 Å². The lowest BCUT2D eigenvalue weighted by Gasteiger charge is -2.04. The van der Waals surface area contributed by atoms with E-state index in [0.717, 1.165) is 21.3 Å². The number of hydrogen-bond acceptors (Lipinski definition) is 2. The fourth-order valence-corrected chi connectivity index (χ4v) is 4.25. The Morgan fingerprint density at radius 1 is 1.15 bits per heavy atom. The van der Waals surface area contributed by atoms with E-state index in [4.69, 9.17) is 11.6 Å². The molecule has 2 aromatic carbocycles. The van der Waals surface area contributed by atoms with Crippen LogP contribution in [0.5, 0.6) is 0 Å². The summed E-state index contributed by atoms with van der Waals surface area (Å²) in [5, 5.41) is 3.36. The summed E-state index contributed by atoms with van der Waals surface area (Å²) in [5.41, 5.74) is 3.21. The summed E-state index contributed by atoms with van der Waals surface area (Å²) in [6.45, 7) is 0. The summed E-state index contributed by atoms with van der Waals surface area (Å²) >= 11 is 7.57. The highest BCUT2D eigenvalue weighted by molar-refractivity contribution is 7.14. The minimum atomic E-state index is -0.366. The number of nitrogens with one attached hydrogen (secondary N) is 1. The molecule has 2 aromatic heterocycles. The van der Waals surface area contributed by atoms with Crippen LogP contribution >= 0.6 is 22.9 Å². The van der Waals surface area contributed by atoms with E-state index in [0.29, 0.717) is 22.6 Å². The Labute approximate surface area is 159 Å².